The number of piperazine rings is 1. The fourth-order valence-electron chi connectivity index (χ4n) is 10.8. The minimum Gasteiger partial charge on any atom is -0.456 e. The molecule has 3 aliphatic carbocycles. The fraction of sp³-hybridized carbons (Fsp3) is 0.673. The summed E-state index contributed by atoms with van der Waals surface area (Å²) in [4.78, 5) is 89.2. The summed E-state index contributed by atoms with van der Waals surface area (Å²) >= 11 is 0. The number of fused-ring (bicyclic) bond motifs is 5. The van der Waals surface area contributed by atoms with Crippen LogP contribution in [0, 0.1) is 16.7 Å². The van der Waals surface area contributed by atoms with Gasteiger partial charge in [0, 0.05) is 63.7 Å². The largest absolute Gasteiger partial charge is 0.456 e. The molecule has 2 heterocycles. The second-order valence-electron chi connectivity index (χ2n) is 20.6. The maximum Gasteiger partial charge on any atom is 0.410 e. The highest BCUT2D eigenvalue weighted by Crippen LogP contribution is 2.64. The zero-order valence-electron chi connectivity index (χ0n) is 41.4. The SMILES string of the molecule is CSSCCN1CCN(C(=O)O[C@H]2C(=O)[C@@]3(C)[C@H]([C@H](OC(=O)c4ccccc4)[C@]4(O)C[C@H](OC(=O)[C@H](O)[C@H](C=C(C)C)NC(=O)OC(C)(C)C)C(C)=C2C4(C)C)[C@]2(OC(C)=O)CO[C@@H]2C[C@@H]3O)CC1. The molecule has 4 N–H and O–H groups in total. The molecule has 11 atom stereocenters. The third-order valence-corrected chi connectivity index (χ3v) is 16.2. The molecule has 0 aromatic heterocycles. The van der Waals surface area contributed by atoms with E-state index in [2.05, 4.69) is 10.2 Å². The Morgan fingerprint density at radius 2 is 1.65 bits per heavy atom. The number of alkyl carbamates (subject to hydrolysis) is 1. The van der Waals surface area contributed by atoms with E-state index < -0.39 is 119 Å². The van der Waals surface area contributed by atoms with Crippen LogP contribution in [0.25, 0.3) is 0 Å². The highest BCUT2D eigenvalue weighted by Gasteiger charge is 2.78. The summed E-state index contributed by atoms with van der Waals surface area (Å²) in [7, 11) is 3.40. The number of ether oxygens (including phenoxy) is 6. The number of amides is 2. The van der Waals surface area contributed by atoms with Gasteiger partial charge in [0.25, 0.3) is 0 Å². The lowest BCUT2D eigenvalue weighted by molar-refractivity contribution is -0.345. The number of allylic oxidation sites excluding steroid dienone is 1. The summed E-state index contributed by atoms with van der Waals surface area (Å²) in [6.45, 7) is 17.8. The zero-order valence-corrected chi connectivity index (χ0v) is 43.0. The number of carbonyl (C=O) groups excluding carboxylic acids is 6. The number of carbonyl (C=O) groups is 6. The predicted octanol–water partition coefficient (Wildman–Crippen LogP) is 4.63. The van der Waals surface area contributed by atoms with Gasteiger partial charge in [0.05, 0.1) is 35.6 Å². The number of esters is 3. The van der Waals surface area contributed by atoms with Gasteiger partial charge in [-0.05, 0) is 78.0 Å². The van der Waals surface area contributed by atoms with Crippen LogP contribution in [0.1, 0.15) is 92.4 Å². The number of nitrogens with zero attached hydrogens (tertiary/aromatic N) is 2. The van der Waals surface area contributed by atoms with Crippen molar-refractivity contribution in [2.24, 2.45) is 16.7 Å². The Morgan fingerprint density at radius 3 is 2.22 bits per heavy atom. The average Bonchev–Trinajstić information content (AvgIpc) is 3.26. The first-order valence-corrected chi connectivity index (χ1v) is 26.0. The molecule has 6 rings (SSSR count). The molecular formula is C49H69N3O15S2. The Labute approximate surface area is 411 Å². The Balaban J connectivity index is 1.52. The Hall–Kier alpha value is -4.18. The number of ketones is 1. The van der Waals surface area contributed by atoms with E-state index in [-0.39, 0.29) is 42.8 Å². The number of aliphatic hydroxyl groups excluding tert-OH is 2. The summed E-state index contributed by atoms with van der Waals surface area (Å²) in [5.41, 5.74) is -8.06. The third kappa shape index (κ3) is 10.7. The molecule has 0 spiro atoms. The van der Waals surface area contributed by atoms with Crippen molar-refractivity contribution in [3.05, 3.63) is 58.7 Å². The molecule has 2 bridgehead atoms. The van der Waals surface area contributed by atoms with E-state index in [0.717, 1.165) is 12.3 Å². The third-order valence-electron chi connectivity index (χ3n) is 14.4. The summed E-state index contributed by atoms with van der Waals surface area (Å²) in [6, 6.07) is 6.53. The first kappa shape index (κ1) is 54.2. The van der Waals surface area contributed by atoms with E-state index in [1.165, 1.54) is 37.0 Å². The van der Waals surface area contributed by atoms with E-state index in [9.17, 15) is 39.3 Å². The molecule has 0 unspecified atom stereocenters. The molecule has 1 aromatic rings. The van der Waals surface area contributed by atoms with Gasteiger partial charge >= 0.3 is 30.1 Å². The number of hydrogen-bond acceptors (Lipinski definition) is 18. The standard InChI is InChI=1S/C49H69N3O15S2/c1-27(2)23-31(50-43(59)67-45(5,6)7)36(55)42(58)63-32-25-49(61)40(65-41(57)30-15-13-12-14-16-30)38-47(10,33(54)24-34-48(38,26-62-34)66-29(4)53)39(56)37(35(28(32)3)46(49,8)9)64-44(60)52-19-17-51(18-20-52)21-22-69-68-11/h12-16,23,31-34,36-38,40,54-55,61H,17-22,24-26H2,1-11H3,(H,50,59)/t31-,32-,33-,34+,36+,37+,38-,40-,47+,48-,49+/m0/s1. The average molecular weight is 1000 g/mol. The van der Waals surface area contributed by atoms with Crippen molar-refractivity contribution >= 4 is 57.5 Å². The Morgan fingerprint density at radius 1 is 1.00 bits per heavy atom. The van der Waals surface area contributed by atoms with Crippen LogP contribution in [-0.2, 0) is 42.8 Å². The molecule has 5 aliphatic rings. The summed E-state index contributed by atoms with van der Waals surface area (Å²) in [5, 5.41) is 40.4. The van der Waals surface area contributed by atoms with Crippen molar-refractivity contribution in [1.29, 1.82) is 0 Å². The lowest BCUT2D eigenvalue weighted by Crippen LogP contribution is -2.82. The van der Waals surface area contributed by atoms with Gasteiger partial charge in [-0.1, -0.05) is 65.3 Å². The van der Waals surface area contributed by atoms with E-state index in [1.807, 2.05) is 6.26 Å². The van der Waals surface area contributed by atoms with Gasteiger partial charge in [-0.25, -0.2) is 19.2 Å². The molecule has 0 radical (unpaired) electrons. The van der Waals surface area contributed by atoms with E-state index >= 15 is 4.79 Å². The van der Waals surface area contributed by atoms with Crippen LogP contribution >= 0.6 is 21.6 Å². The van der Waals surface area contributed by atoms with Crippen LogP contribution in [0.4, 0.5) is 9.59 Å². The topological polar surface area (TPSA) is 237 Å². The van der Waals surface area contributed by atoms with Crippen molar-refractivity contribution in [1.82, 2.24) is 15.1 Å². The van der Waals surface area contributed by atoms with Gasteiger partial charge in [0.15, 0.2) is 23.6 Å². The smallest absolute Gasteiger partial charge is 0.410 e. The normalized spacial score (nSPS) is 31.7. The number of nitrogens with one attached hydrogen (secondary N) is 1. The van der Waals surface area contributed by atoms with Gasteiger partial charge in [0.1, 0.15) is 29.5 Å². The number of Topliss-reactive ketones (excluding diaryl/α,β-unsaturated/α-hetero) is 1. The van der Waals surface area contributed by atoms with Crippen LogP contribution in [0.2, 0.25) is 0 Å². The molecule has 20 heteroatoms. The summed E-state index contributed by atoms with van der Waals surface area (Å²) < 4.78 is 36.5. The molecule has 2 amide bonds. The minimum absolute atomic E-state index is 0.00324. The molecular weight excluding hydrogens is 935 g/mol. The maximum atomic E-state index is 16.0. The zero-order chi connectivity index (χ0) is 51.0. The first-order valence-electron chi connectivity index (χ1n) is 23.3. The van der Waals surface area contributed by atoms with Crippen LogP contribution < -0.4 is 5.32 Å². The quantitative estimate of drug-likeness (QED) is 0.0693. The second-order valence-corrected chi connectivity index (χ2v) is 23.3. The summed E-state index contributed by atoms with van der Waals surface area (Å²) in [5.74, 6) is -4.50. The molecule has 2 aliphatic heterocycles. The lowest BCUT2D eigenvalue weighted by atomic mass is 9.44. The highest BCUT2D eigenvalue weighted by molar-refractivity contribution is 8.76. The van der Waals surface area contributed by atoms with Gasteiger partial charge in [-0.15, -0.1) is 0 Å². The Bertz CT molecular complexity index is 2190. The van der Waals surface area contributed by atoms with Crippen LogP contribution in [0.15, 0.2) is 53.1 Å². The van der Waals surface area contributed by atoms with Gasteiger partial charge in [-0.3, -0.25) is 14.5 Å². The monoisotopic (exact) mass is 1000 g/mol. The van der Waals surface area contributed by atoms with Gasteiger partial charge in [0.2, 0.25) is 0 Å². The highest BCUT2D eigenvalue weighted by atomic mass is 33.1. The molecule has 382 valence electrons. The molecule has 18 nitrogen and oxygen atoms in total. The van der Waals surface area contributed by atoms with E-state index in [0.29, 0.717) is 18.7 Å². The number of hydrogen-bond donors (Lipinski definition) is 4. The molecule has 69 heavy (non-hydrogen) atoms. The van der Waals surface area contributed by atoms with Crippen LogP contribution in [0.3, 0.4) is 0 Å². The van der Waals surface area contributed by atoms with Crippen molar-refractivity contribution in [3.63, 3.8) is 0 Å². The lowest BCUT2D eigenvalue weighted by Gasteiger charge is -2.67. The van der Waals surface area contributed by atoms with Crippen molar-refractivity contribution in [2.45, 2.75) is 142 Å². The molecule has 1 aromatic carbocycles. The first-order chi connectivity index (χ1) is 32.2. The second kappa shape index (κ2) is 20.9. The molecule has 4 fully saturated rings. The van der Waals surface area contributed by atoms with E-state index in [1.54, 1.807) is 95.2 Å². The van der Waals surface area contributed by atoms with Crippen LogP contribution in [-0.4, -0.2) is 172 Å². The Kier molecular flexibility index (Phi) is 16.4. The molecule has 2 saturated heterocycles. The number of rotatable bonds is 13. The molecule has 2 saturated carbocycles. The van der Waals surface area contributed by atoms with Gasteiger partial charge < -0.3 is 54.0 Å². The van der Waals surface area contributed by atoms with Crippen LogP contribution in [0.5, 0.6) is 0 Å². The van der Waals surface area contributed by atoms with Crippen molar-refractivity contribution in [3.8, 4) is 0 Å². The minimum atomic E-state index is -2.42. The van der Waals surface area contributed by atoms with E-state index in [4.69, 9.17) is 28.4 Å². The predicted molar refractivity (Wildman–Crippen MR) is 256 cm³/mol. The van der Waals surface area contributed by atoms with Crippen molar-refractivity contribution in [2.75, 3.05) is 51.3 Å². The fourth-order valence-corrected chi connectivity index (χ4v) is 12.0. The van der Waals surface area contributed by atoms with Crippen molar-refractivity contribution < 1.29 is 72.5 Å². The number of benzene rings is 1. The van der Waals surface area contributed by atoms with Gasteiger partial charge in [-0.2, -0.15) is 0 Å². The number of aliphatic hydroxyl groups is 3. The maximum absolute atomic E-state index is 16.0. The summed E-state index contributed by atoms with van der Waals surface area (Å²) in [6.07, 6.45) is -8.99.